The van der Waals surface area contributed by atoms with Crippen molar-refractivity contribution in [2.75, 3.05) is 13.1 Å². The maximum absolute atomic E-state index is 12.5. The molecule has 6 nitrogen and oxygen atoms in total. The van der Waals surface area contributed by atoms with Gasteiger partial charge in [-0.05, 0) is 68.3 Å². The summed E-state index contributed by atoms with van der Waals surface area (Å²) in [6.45, 7) is 2.52. The molecule has 2 aromatic carbocycles. The van der Waals surface area contributed by atoms with Crippen molar-refractivity contribution in [1.82, 2.24) is 4.31 Å². The maximum Gasteiger partial charge on any atom is 0.343 e. The Kier molecular flexibility index (Phi) is 5.20. The van der Waals surface area contributed by atoms with Gasteiger partial charge in [-0.2, -0.15) is 4.31 Å². The monoisotopic (exact) mass is 373 g/mol. The fourth-order valence-corrected chi connectivity index (χ4v) is 4.28. The predicted octanol–water partition coefficient (Wildman–Crippen LogP) is 2.89. The largest absolute Gasteiger partial charge is 0.423 e. The van der Waals surface area contributed by atoms with E-state index in [-0.39, 0.29) is 16.2 Å². The highest BCUT2D eigenvalue weighted by atomic mass is 32.2. The quantitative estimate of drug-likeness (QED) is 0.457. The van der Waals surface area contributed by atoms with Crippen LogP contribution in [0.4, 0.5) is 0 Å². The van der Waals surface area contributed by atoms with Gasteiger partial charge in [0.15, 0.2) is 5.78 Å². The zero-order chi connectivity index (χ0) is 18.7. The summed E-state index contributed by atoms with van der Waals surface area (Å²) < 4.78 is 31.7. The van der Waals surface area contributed by atoms with Crippen LogP contribution in [0.15, 0.2) is 53.4 Å². The molecule has 0 amide bonds. The molecule has 1 aliphatic heterocycles. The smallest absolute Gasteiger partial charge is 0.343 e. The second-order valence-electron chi connectivity index (χ2n) is 6.11. The van der Waals surface area contributed by atoms with E-state index in [2.05, 4.69) is 0 Å². The standard InChI is InChI=1S/C19H19NO5S/c1-14(21)15-4-8-17(9-5-15)25-19(22)16-6-10-18(11-7-16)26(23,24)20-12-2-3-13-20/h4-11H,2-3,12-13H2,1H3. The first-order valence-corrected chi connectivity index (χ1v) is 9.75. The zero-order valence-electron chi connectivity index (χ0n) is 14.3. The Morgan fingerprint density at radius 3 is 1.96 bits per heavy atom. The lowest BCUT2D eigenvalue weighted by molar-refractivity contribution is 0.0734. The number of carbonyl (C=O) groups is 2. The summed E-state index contributed by atoms with van der Waals surface area (Å²) in [6.07, 6.45) is 1.73. The number of ketones is 1. The Hall–Kier alpha value is -2.51. The SMILES string of the molecule is CC(=O)c1ccc(OC(=O)c2ccc(S(=O)(=O)N3CCCC3)cc2)cc1. The number of sulfonamides is 1. The van der Waals surface area contributed by atoms with Crippen LogP contribution >= 0.6 is 0 Å². The van der Waals surface area contributed by atoms with Crippen molar-refractivity contribution in [3.05, 3.63) is 59.7 Å². The van der Waals surface area contributed by atoms with Crippen molar-refractivity contribution in [1.29, 1.82) is 0 Å². The van der Waals surface area contributed by atoms with Gasteiger partial charge in [0.05, 0.1) is 10.5 Å². The molecule has 0 saturated carbocycles. The van der Waals surface area contributed by atoms with Crippen molar-refractivity contribution in [3.63, 3.8) is 0 Å². The van der Waals surface area contributed by atoms with Crippen LogP contribution in [0.5, 0.6) is 5.75 Å². The number of esters is 1. The molecule has 7 heteroatoms. The maximum atomic E-state index is 12.5. The fourth-order valence-electron chi connectivity index (χ4n) is 2.76. The molecule has 0 aromatic heterocycles. The summed E-state index contributed by atoms with van der Waals surface area (Å²) in [5.41, 5.74) is 0.780. The van der Waals surface area contributed by atoms with E-state index in [9.17, 15) is 18.0 Å². The number of hydrogen-bond donors (Lipinski definition) is 0. The third kappa shape index (κ3) is 3.84. The Labute approximate surface area is 152 Å². The summed E-state index contributed by atoms with van der Waals surface area (Å²) in [7, 11) is -3.50. The Bertz CT molecular complexity index is 911. The van der Waals surface area contributed by atoms with Crippen LogP contribution in [-0.4, -0.2) is 37.6 Å². The van der Waals surface area contributed by atoms with Gasteiger partial charge in [-0.15, -0.1) is 0 Å². The minimum atomic E-state index is -3.50. The summed E-state index contributed by atoms with van der Waals surface area (Å²) in [5.74, 6) is -0.350. The van der Waals surface area contributed by atoms with Gasteiger partial charge in [-0.1, -0.05) is 0 Å². The molecule has 136 valence electrons. The number of rotatable bonds is 5. The van der Waals surface area contributed by atoms with Crippen LogP contribution in [0, 0.1) is 0 Å². The molecule has 1 aliphatic rings. The normalized spacial score (nSPS) is 15.0. The molecular formula is C19H19NO5S. The number of Topliss-reactive ketones (excluding diaryl/α,β-unsaturated/α-hetero) is 1. The topological polar surface area (TPSA) is 80.8 Å². The minimum absolute atomic E-state index is 0.0716. The molecule has 1 saturated heterocycles. The third-order valence-electron chi connectivity index (χ3n) is 4.26. The van der Waals surface area contributed by atoms with E-state index < -0.39 is 16.0 Å². The van der Waals surface area contributed by atoms with Crippen molar-refractivity contribution >= 4 is 21.8 Å². The van der Waals surface area contributed by atoms with Gasteiger partial charge < -0.3 is 4.74 Å². The molecule has 0 N–H and O–H groups in total. The first kappa shape index (κ1) is 18.3. The first-order valence-electron chi connectivity index (χ1n) is 8.31. The average Bonchev–Trinajstić information content (AvgIpc) is 3.18. The molecule has 0 bridgehead atoms. The van der Waals surface area contributed by atoms with Gasteiger partial charge in [0.1, 0.15) is 5.75 Å². The molecule has 0 unspecified atom stereocenters. The summed E-state index contributed by atoms with van der Waals surface area (Å²) in [4.78, 5) is 23.6. The highest BCUT2D eigenvalue weighted by molar-refractivity contribution is 7.89. The molecule has 0 aliphatic carbocycles. The molecule has 0 atom stereocenters. The van der Waals surface area contributed by atoms with Crippen molar-refractivity contribution in [2.24, 2.45) is 0 Å². The molecule has 1 heterocycles. The van der Waals surface area contributed by atoms with Gasteiger partial charge in [0, 0.05) is 18.7 Å². The second kappa shape index (κ2) is 7.39. The lowest BCUT2D eigenvalue weighted by Gasteiger charge is -2.15. The van der Waals surface area contributed by atoms with Gasteiger partial charge in [-0.25, -0.2) is 13.2 Å². The van der Waals surface area contributed by atoms with Gasteiger partial charge in [0.25, 0.3) is 0 Å². The van der Waals surface area contributed by atoms with Gasteiger partial charge >= 0.3 is 5.97 Å². The fraction of sp³-hybridized carbons (Fsp3) is 0.263. The number of carbonyl (C=O) groups excluding carboxylic acids is 2. The first-order chi connectivity index (χ1) is 12.4. The molecular weight excluding hydrogens is 354 g/mol. The van der Waals surface area contributed by atoms with E-state index >= 15 is 0 Å². The Balaban J connectivity index is 1.71. The van der Waals surface area contributed by atoms with Crippen LogP contribution in [0.1, 0.15) is 40.5 Å². The van der Waals surface area contributed by atoms with E-state index in [1.807, 2.05) is 0 Å². The molecule has 0 radical (unpaired) electrons. The Morgan fingerprint density at radius 1 is 0.885 bits per heavy atom. The van der Waals surface area contributed by atoms with Crippen molar-refractivity contribution < 1.29 is 22.7 Å². The molecule has 0 spiro atoms. The lowest BCUT2D eigenvalue weighted by Crippen LogP contribution is -2.27. The highest BCUT2D eigenvalue weighted by Gasteiger charge is 2.27. The van der Waals surface area contributed by atoms with Crippen LogP contribution in [-0.2, 0) is 10.0 Å². The van der Waals surface area contributed by atoms with Crippen molar-refractivity contribution in [2.45, 2.75) is 24.7 Å². The number of benzene rings is 2. The molecule has 2 aromatic rings. The number of ether oxygens (including phenoxy) is 1. The zero-order valence-corrected chi connectivity index (χ0v) is 15.2. The number of nitrogens with zero attached hydrogens (tertiary/aromatic N) is 1. The van der Waals surface area contributed by atoms with Gasteiger partial charge in [-0.3, -0.25) is 4.79 Å². The molecule has 3 rings (SSSR count). The summed E-state index contributed by atoms with van der Waals surface area (Å²) >= 11 is 0. The lowest BCUT2D eigenvalue weighted by atomic mass is 10.1. The summed E-state index contributed by atoms with van der Waals surface area (Å²) in [5, 5.41) is 0. The van der Waals surface area contributed by atoms with Crippen molar-refractivity contribution in [3.8, 4) is 5.75 Å². The Morgan fingerprint density at radius 2 is 1.42 bits per heavy atom. The minimum Gasteiger partial charge on any atom is -0.423 e. The highest BCUT2D eigenvalue weighted by Crippen LogP contribution is 2.21. The predicted molar refractivity (Wildman–Crippen MR) is 95.8 cm³/mol. The summed E-state index contributed by atoms with van der Waals surface area (Å²) in [6, 6.07) is 12.0. The average molecular weight is 373 g/mol. The van der Waals surface area contributed by atoms with E-state index in [1.54, 1.807) is 24.3 Å². The third-order valence-corrected chi connectivity index (χ3v) is 6.18. The van der Waals surface area contributed by atoms with Crippen LogP contribution in [0.25, 0.3) is 0 Å². The van der Waals surface area contributed by atoms with Gasteiger partial charge in [0.2, 0.25) is 10.0 Å². The van der Waals surface area contributed by atoms with Crippen LogP contribution < -0.4 is 4.74 Å². The molecule has 1 fully saturated rings. The van der Waals surface area contributed by atoms with E-state index in [4.69, 9.17) is 4.74 Å². The van der Waals surface area contributed by atoms with Crippen LogP contribution in [0.3, 0.4) is 0 Å². The number of hydrogen-bond acceptors (Lipinski definition) is 5. The molecule has 26 heavy (non-hydrogen) atoms. The van der Waals surface area contributed by atoms with E-state index in [1.165, 1.54) is 35.5 Å². The van der Waals surface area contributed by atoms with E-state index in [0.29, 0.717) is 24.4 Å². The van der Waals surface area contributed by atoms with Crippen LogP contribution in [0.2, 0.25) is 0 Å². The van der Waals surface area contributed by atoms with E-state index in [0.717, 1.165) is 12.8 Å². The second-order valence-corrected chi connectivity index (χ2v) is 8.04.